The van der Waals surface area contributed by atoms with Crippen LogP contribution in [0.25, 0.3) is 33.3 Å². The Kier molecular flexibility index (Phi) is 12.2. The first-order valence-electron chi connectivity index (χ1n) is 22.6. The highest BCUT2D eigenvalue weighted by Crippen LogP contribution is 2.47. The smallest absolute Gasteiger partial charge is 0.324 e. The van der Waals surface area contributed by atoms with Crippen molar-refractivity contribution < 1.29 is 33.8 Å². The maximum atomic E-state index is 15.0. The molecule has 3 N–H and O–H groups in total. The molecule has 3 aliphatic heterocycles. The zero-order valence-electron chi connectivity index (χ0n) is 37.9. The number of phenols is 1. The van der Waals surface area contributed by atoms with Crippen molar-refractivity contribution in [3.63, 3.8) is 0 Å². The first-order valence-corrected chi connectivity index (χ1v) is 22.6. The highest BCUT2D eigenvalue weighted by molar-refractivity contribution is 5.97. The van der Waals surface area contributed by atoms with Crippen molar-refractivity contribution in [2.24, 2.45) is 17.3 Å². The Bertz CT molecular complexity index is 2490. The standard InChI is InChI=1S/C50H61N7O7/c1-8-42(59)55-20-17-34(28-55)46(61)54(7)43(30(2)3)45(60)52-50(6)25-31-21-35(23-37(58)22-31)32-13-16-41-38(24-32)39(44(57(41)36-14-15-36)33-11-9-18-51-27-33)26-49(4,5)29-64-47(62)40-12-10-19-56(53-40)48(50)63/h8-9,11,13,16,18,21-24,27,30,34,36,40,43,53,58H,1,10,12,14-15,17,19-20,25-26,28-29H2,2-7H3,(H,52,60)/t34-,40-,43-,50?/m0/s1. The lowest BCUT2D eigenvalue weighted by Gasteiger charge is -2.41. The number of rotatable bonds is 8. The van der Waals surface area contributed by atoms with E-state index >= 15 is 0 Å². The van der Waals surface area contributed by atoms with Crippen LogP contribution in [0.3, 0.4) is 0 Å². The van der Waals surface area contributed by atoms with Crippen LogP contribution >= 0.6 is 0 Å². The molecular formula is C50H61N7O7. The van der Waals surface area contributed by atoms with Gasteiger partial charge < -0.3 is 29.5 Å². The van der Waals surface area contributed by atoms with Crippen molar-refractivity contribution in [3.8, 4) is 28.1 Å². The number of esters is 1. The van der Waals surface area contributed by atoms with Crippen LogP contribution in [0.2, 0.25) is 0 Å². The van der Waals surface area contributed by atoms with Gasteiger partial charge in [0.2, 0.25) is 17.7 Å². The zero-order chi connectivity index (χ0) is 45.7. The van der Waals surface area contributed by atoms with Crippen molar-refractivity contribution >= 4 is 40.5 Å². The summed E-state index contributed by atoms with van der Waals surface area (Å²) in [6.07, 6.45) is 9.03. The van der Waals surface area contributed by atoms with Gasteiger partial charge in [0, 0.05) is 73.4 Å². The third kappa shape index (κ3) is 8.89. The Morgan fingerprint density at radius 3 is 2.48 bits per heavy atom. The van der Waals surface area contributed by atoms with Gasteiger partial charge in [-0.15, -0.1) is 0 Å². The first kappa shape index (κ1) is 44.6. The maximum Gasteiger partial charge on any atom is 0.324 e. The fraction of sp³-hybridized carbons (Fsp3) is 0.480. The van der Waals surface area contributed by atoms with Gasteiger partial charge in [0.05, 0.1) is 18.2 Å². The van der Waals surface area contributed by atoms with E-state index in [-0.39, 0.29) is 49.6 Å². The number of pyridine rings is 1. The SMILES string of the molecule is C=CC(=O)N1CC[C@H](C(=O)N(C)[C@H](C(=O)NC2(C)Cc3cc(O)cc(c3)-c3ccc4c(c3)c(c(-c3cccnc3)n4C3CC3)CC(C)(C)COC(=O)[C@@H]3CCCN(N3)C2=O)C(C)C)C1. The van der Waals surface area contributed by atoms with E-state index in [1.807, 2.05) is 32.2 Å². The van der Waals surface area contributed by atoms with Gasteiger partial charge >= 0.3 is 5.97 Å². The normalized spacial score (nSPS) is 23.0. The zero-order valence-corrected chi connectivity index (χ0v) is 37.9. The second kappa shape index (κ2) is 17.5. The van der Waals surface area contributed by atoms with Crippen molar-refractivity contribution in [2.45, 2.75) is 103 Å². The molecule has 5 heterocycles. The highest BCUT2D eigenvalue weighted by Gasteiger charge is 2.45. The number of aromatic hydroxyl groups is 1. The van der Waals surface area contributed by atoms with Crippen molar-refractivity contribution in [1.82, 2.24) is 35.1 Å². The minimum absolute atomic E-state index is 0.000852. The van der Waals surface area contributed by atoms with Crippen molar-refractivity contribution in [3.05, 3.63) is 84.7 Å². The molecule has 338 valence electrons. The summed E-state index contributed by atoms with van der Waals surface area (Å²) in [6.45, 7) is 14.1. The number of hydrazine groups is 1. The van der Waals surface area contributed by atoms with Crippen LogP contribution in [-0.4, -0.2) is 110 Å². The molecule has 14 heteroatoms. The summed E-state index contributed by atoms with van der Waals surface area (Å²) >= 11 is 0. The van der Waals surface area contributed by atoms with Gasteiger partial charge in [0.1, 0.15) is 23.4 Å². The van der Waals surface area contributed by atoms with Crippen molar-refractivity contribution in [1.29, 1.82) is 0 Å². The molecule has 1 aliphatic carbocycles. The van der Waals surface area contributed by atoms with E-state index in [0.29, 0.717) is 43.8 Å². The number of nitrogens with one attached hydrogen (secondary N) is 2. The van der Waals surface area contributed by atoms with Crippen molar-refractivity contribution in [2.75, 3.05) is 33.3 Å². The molecule has 0 spiro atoms. The fourth-order valence-corrected chi connectivity index (χ4v) is 10.1. The topological polar surface area (TPSA) is 166 Å². The number of phenolic OH excluding ortho intramolecular Hbond substituents is 1. The lowest BCUT2D eigenvalue weighted by Crippen LogP contribution is -2.67. The van der Waals surface area contributed by atoms with E-state index in [4.69, 9.17) is 4.74 Å². The number of hydrogen-bond donors (Lipinski definition) is 3. The third-order valence-electron chi connectivity index (χ3n) is 13.4. The van der Waals surface area contributed by atoms with Gasteiger partial charge in [-0.1, -0.05) is 46.4 Å². The second-order valence-corrected chi connectivity index (χ2v) is 19.6. The number of likely N-dealkylation sites (tertiary alicyclic amines) is 1. The predicted octanol–water partition coefficient (Wildman–Crippen LogP) is 5.97. The summed E-state index contributed by atoms with van der Waals surface area (Å²) in [4.78, 5) is 77.4. The monoisotopic (exact) mass is 871 g/mol. The molecule has 2 aromatic heterocycles. The third-order valence-corrected chi connectivity index (χ3v) is 13.4. The Morgan fingerprint density at radius 2 is 1.78 bits per heavy atom. The number of nitrogens with zero attached hydrogens (tertiary/aromatic N) is 5. The largest absolute Gasteiger partial charge is 0.508 e. The number of carbonyl (C=O) groups is 5. The number of fused-ring (bicyclic) bond motifs is 6. The fourth-order valence-electron chi connectivity index (χ4n) is 10.1. The van der Waals surface area contributed by atoms with Gasteiger partial charge in [0.25, 0.3) is 5.91 Å². The molecule has 3 fully saturated rings. The van der Waals surface area contributed by atoms with E-state index in [9.17, 15) is 29.1 Å². The summed E-state index contributed by atoms with van der Waals surface area (Å²) in [7, 11) is 1.59. The average molecular weight is 872 g/mol. The van der Waals surface area contributed by atoms with Crippen LogP contribution in [0.1, 0.15) is 83.9 Å². The van der Waals surface area contributed by atoms with E-state index < -0.39 is 46.7 Å². The quantitative estimate of drug-likeness (QED) is 0.143. The summed E-state index contributed by atoms with van der Waals surface area (Å²) in [5, 5.41) is 16.9. The van der Waals surface area contributed by atoms with E-state index in [1.165, 1.54) is 16.0 Å². The highest BCUT2D eigenvalue weighted by atomic mass is 16.5. The molecule has 4 amide bonds. The Balaban J connectivity index is 1.20. The maximum absolute atomic E-state index is 15.0. The van der Waals surface area contributed by atoms with Crippen LogP contribution in [0.5, 0.6) is 5.75 Å². The molecule has 4 atom stereocenters. The summed E-state index contributed by atoms with van der Waals surface area (Å²) < 4.78 is 8.54. The molecule has 0 radical (unpaired) electrons. The molecule has 2 saturated heterocycles. The first-order chi connectivity index (χ1) is 30.5. The molecule has 64 heavy (non-hydrogen) atoms. The van der Waals surface area contributed by atoms with E-state index in [0.717, 1.165) is 51.7 Å². The number of cyclic esters (lactones) is 1. The lowest BCUT2D eigenvalue weighted by molar-refractivity contribution is -0.157. The molecule has 1 saturated carbocycles. The number of amides is 4. The second-order valence-electron chi connectivity index (χ2n) is 19.6. The molecule has 6 bridgehead atoms. The number of likely N-dealkylation sites (N-methyl/N-ethyl adjacent to an activating group) is 1. The minimum Gasteiger partial charge on any atom is -0.508 e. The Hall–Kier alpha value is -6.02. The van der Waals surface area contributed by atoms with Crippen LogP contribution in [0.4, 0.5) is 0 Å². The number of carbonyl (C=O) groups excluding carboxylic acids is 5. The molecule has 14 nitrogen and oxygen atoms in total. The van der Waals surface area contributed by atoms with Crippen LogP contribution < -0.4 is 10.7 Å². The Labute approximate surface area is 375 Å². The van der Waals surface area contributed by atoms with Gasteiger partial charge in [-0.3, -0.25) is 34.0 Å². The summed E-state index contributed by atoms with van der Waals surface area (Å²) in [5.41, 5.74) is 7.55. The molecular weight excluding hydrogens is 811 g/mol. The Morgan fingerprint density at radius 1 is 1.00 bits per heavy atom. The molecule has 2 aromatic carbocycles. The van der Waals surface area contributed by atoms with E-state index in [2.05, 4.69) is 65.0 Å². The summed E-state index contributed by atoms with van der Waals surface area (Å²) in [6, 6.07) is 14.2. The number of aromatic nitrogens is 2. The molecule has 8 rings (SSSR count). The number of benzene rings is 2. The van der Waals surface area contributed by atoms with Gasteiger partial charge in [-0.2, -0.15) is 0 Å². The molecule has 1 unspecified atom stereocenters. The minimum atomic E-state index is -1.62. The lowest BCUT2D eigenvalue weighted by atomic mass is 9.84. The van der Waals surface area contributed by atoms with Gasteiger partial charge in [-0.05, 0) is 116 Å². The van der Waals surface area contributed by atoms with Crippen LogP contribution in [-0.2, 0) is 41.6 Å². The number of ether oxygens (including phenoxy) is 1. The van der Waals surface area contributed by atoms with Gasteiger partial charge in [0.15, 0.2) is 0 Å². The molecule has 4 aliphatic rings. The molecule has 4 aromatic rings. The van der Waals surface area contributed by atoms with Crippen LogP contribution in [0.15, 0.2) is 73.6 Å². The predicted molar refractivity (Wildman–Crippen MR) is 243 cm³/mol. The number of hydrogen-bond acceptors (Lipinski definition) is 9. The van der Waals surface area contributed by atoms with E-state index in [1.54, 1.807) is 37.2 Å². The summed E-state index contributed by atoms with van der Waals surface area (Å²) in [5.74, 6) is -2.84. The van der Waals surface area contributed by atoms with Gasteiger partial charge in [-0.25, -0.2) is 5.43 Å². The average Bonchev–Trinajstić information content (AvgIpc) is 3.90. The van der Waals surface area contributed by atoms with Crippen LogP contribution in [0, 0.1) is 17.3 Å².